The number of fused-ring (bicyclic) bond motifs is 1. The fourth-order valence-electron chi connectivity index (χ4n) is 3.01. The van der Waals surface area contributed by atoms with Crippen molar-refractivity contribution in [2.24, 2.45) is 5.92 Å². The first kappa shape index (κ1) is 17.0. The molecule has 26 heavy (non-hydrogen) atoms. The molecule has 2 aliphatic rings. The van der Waals surface area contributed by atoms with Crippen LogP contribution in [0, 0.1) is 5.92 Å². The minimum absolute atomic E-state index is 0.119. The molecule has 1 N–H and O–H groups in total. The Hall–Kier alpha value is -2.44. The minimum Gasteiger partial charge on any atom is -0.454 e. The van der Waals surface area contributed by atoms with Crippen LogP contribution in [0.3, 0.4) is 0 Å². The van der Waals surface area contributed by atoms with E-state index in [-0.39, 0.29) is 31.6 Å². The molecule has 0 aliphatic carbocycles. The van der Waals surface area contributed by atoms with Gasteiger partial charge >= 0.3 is 0 Å². The van der Waals surface area contributed by atoms with E-state index in [1.165, 1.54) is 0 Å². The summed E-state index contributed by atoms with van der Waals surface area (Å²) >= 11 is 11.9. The molecule has 2 amide bonds. The molecule has 0 saturated carbocycles. The Morgan fingerprint density at radius 3 is 2.73 bits per heavy atom. The molecule has 2 aromatic rings. The Labute approximate surface area is 159 Å². The molecule has 1 unspecified atom stereocenters. The van der Waals surface area contributed by atoms with Crippen LogP contribution in [0.5, 0.6) is 11.5 Å². The predicted octanol–water partition coefficient (Wildman–Crippen LogP) is 3.71. The van der Waals surface area contributed by atoms with Crippen molar-refractivity contribution in [3.05, 3.63) is 46.4 Å². The summed E-state index contributed by atoms with van der Waals surface area (Å²) in [5.74, 6) is 0.389. The highest BCUT2D eigenvalue weighted by atomic mass is 35.5. The summed E-state index contributed by atoms with van der Waals surface area (Å²) in [5.41, 5.74) is 1.15. The zero-order valence-electron chi connectivity index (χ0n) is 13.5. The first-order valence-corrected chi connectivity index (χ1v) is 8.73. The molecule has 0 aromatic heterocycles. The fourth-order valence-corrected chi connectivity index (χ4v) is 3.47. The number of ether oxygens (including phenoxy) is 2. The molecule has 0 spiro atoms. The Morgan fingerprint density at radius 1 is 1.12 bits per heavy atom. The van der Waals surface area contributed by atoms with E-state index < -0.39 is 5.92 Å². The van der Waals surface area contributed by atoms with Gasteiger partial charge in [0.05, 0.1) is 16.6 Å². The van der Waals surface area contributed by atoms with E-state index in [1.807, 2.05) is 0 Å². The normalized spacial score (nSPS) is 18.3. The van der Waals surface area contributed by atoms with Gasteiger partial charge in [0.15, 0.2) is 11.5 Å². The number of rotatable bonds is 3. The van der Waals surface area contributed by atoms with E-state index in [9.17, 15) is 9.59 Å². The summed E-state index contributed by atoms with van der Waals surface area (Å²) in [6.45, 7) is 0.454. The maximum Gasteiger partial charge on any atom is 0.231 e. The summed E-state index contributed by atoms with van der Waals surface area (Å²) in [5, 5.41) is 3.59. The molecule has 1 atom stereocenters. The van der Waals surface area contributed by atoms with Crippen molar-refractivity contribution < 1.29 is 19.1 Å². The second-order valence-electron chi connectivity index (χ2n) is 6.06. The van der Waals surface area contributed by atoms with Gasteiger partial charge in [0.2, 0.25) is 18.6 Å². The van der Waals surface area contributed by atoms with Gasteiger partial charge in [-0.05, 0) is 30.3 Å². The Kier molecular flexibility index (Phi) is 4.38. The van der Waals surface area contributed by atoms with Crippen LogP contribution in [0.4, 0.5) is 11.4 Å². The molecular weight excluding hydrogens is 379 g/mol. The smallest absolute Gasteiger partial charge is 0.231 e. The second-order valence-corrected chi connectivity index (χ2v) is 6.90. The van der Waals surface area contributed by atoms with Crippen molar-refractivity contribution >= 4 is 46.4 Å². The first-order valence-electron chi connectivity index (χ1n) is 7.97. The summed E-state index contributed by atoms with van der Waals surface area (Å²) < 4.78 is 10.6. The molecule has 8 heteroatoms. The van der Waals surface area contributed by atoms with Crippen molar-refractivity contribution in [2.75, 3.05) is 23.6 Å². The number of hydrogen-bond donors (Lipinski definition) is 1. The zero-order valence-corrected chi connectivity index (χ0v) is 15.0. The molecule has 0 radical (unpaired) electrons. The standard InChI is InChI=1S/C18H14Cl2N2O4/c19-11-1-3-14(13(20)6-11)21-18(24)10-5-17(23)22(8-10)12-2-4-15-16(7-12)26-9-25-15/h1-4,6-7,10H,5,8-9H2,(H,21,24). The highest BCUT2D eigenvalue weighted by molar-refractivity contribution is 6.36. The van der Waals surface area contributed by atoms with Gasteiger partial charge < -0.3 is 19.7 Å². The maximum absolute atomic E-state index is 12.5. The SMILES string of the molecule is O=C(Nc1ccc(Cl)cc1Cl)C1CC(=O)N(c2ccc3c(c2)OCO3)C1. The lowest BCUT2D eigenvalue weighted by Gasteiger charge is -2.17. The lowest BCUT2D eigenvalue weighted by atomic mass is 10.1. The lowest BCUT2D eigenvalue weighted by Crippen LogP contribution is -2.28. The molecular formula is C18H14Cl2N2O4. The van der Waals surface area contributed by atoms with Crippen LogP contribution in [0.2, 0.25) is 10.0 Å². The van der Waals surface area contributed by atoms with Gasteiger partial charge in [-0.15, -0.1) is 0 Å². The Bertz CT molecular complexity index is 903. The Morgan fingerprint density at radius 2 is 1.92 bits per heavy atom. The summed E-state index contributed by atoms with van der Waals surface area (Å²) in [7, 11) is 0. The van der Waals surface area contributed by atoms with Crippen LogP contribution in [0.1, 0.15) is 6.42 Å². The molecule has 4 rings (SSSR count). The molecule has 0 bridgehead atoms. The highest BCUT2D eigenvalue weighted by Gasteiger charge is 2.36. The maximum atomic E-state index is 12.5. The number of benzene rings is 2. The van der Waals surface area contributed by atoms with Crippen LogP contribution in [0.25, 0.3) is 0 Å². The van der Waals surface area contributed by atoms with Crippen molar-refractivity contribution in [1.29, 1.82) is 0 Å². The predicted molar refractivity (Wildman–Crippen MR) is 98.1 cm³/mol. The van der Waals surface area contributed by atoms with Crippen molar-refractivity contribution in [1.82, 2.24) is 0 Å². The topological polar surface area (TPSA) is 67.9 Å². The van der Waals surface area contributed by atoms with Gasteiger partial charge in [-0.3, -0.25) is 9.59 Å². The van der Waals surface area contributed by atoms with Crippen molar-refractivity contribution in [3.63, 3.8) is 0 Å². The van der Waals surface area contributed by atoms with E-state index in [1.54, 1.807) is 41.3 Å². The third kappa shape index (κ3) is 3.18. The molecule has 134 valence electrons. The number of nitrogens with zero attached hydrogens (tertiary/aromatic N) is 1. The fraction of sp³-hybridized carbons (Fsp3) is 0.222. The molecule has 6 nitrogen and oxygen atoms in total. The zero-order chi connectivity index (χ0) is 18.3. The average Bonchev–Trinajstić information content (AvgIpc) is 3.23. The van der Waals surface area contributed by atoms with Crippen LogP contribution in [-0.4, -0.2) is 25.2 Å². The number of amides is 2. The number of carbonyl (C=O) groups is 2. The second kappa shape index (κ2) is 6.70. The van der Waals surface area contributed by atoms with Crippen molar-refractivity contribution in [3.8, 4) is 11.5 Å². The monoisotopic (exact) mass is 392 g/mol. The van der Waals surface area contributed by atoms with E-state index in [4.69, 9.17) is 32.7 Å². The number of hydrogen-bond acceptors (Lipinski definition) is 4. The van der Waals surface area contributed by atoms with Crippen LogP contribution in [0.15, 0.2) is 36.4 Å². The number of carbonyl (C=O) groups excluding carboxylic acids is 2. The van der Waals surface area contributed by atoms with E-state index in [2.05, 4.69) is 5.32 Å². The van der Waals surface area contributed by atoms with Gasteiger partial charge in [-0.2, -0.15) is 0 Å². The van der Waals surface area contributed by atoms with E-state index in [0.29, 0.717) is 32.9 Å². The van der Waals surface area contributed by atoms with Gasteiger partial charge in [0.25, 0.3) is 0 Å². The third-order valence-corrected chi connectivity index (χ3v) is 4.90. The van der Waals surface area contributed by atoms with Gasteiger partial charge in [-0.1, -0.05) is 23.2 Å². The number of anilines is 2. The van der Waals surface area contributed by atoms with Crippen LogP contribution < -0.4 is 19.7 Å². The minimum atomic E-state index is -0.473. The van der Waals surface area contributed by atoms with Crippen LogP contribution >= 0.6 is 23.2 Å². The summed E-state index contributed by atoms with van der Waals surface area (Å²) in [6.07, 6.45) is 0.130. The molecule has 1 saturated heterocycles. The first-order chi connectivity index (χ1) is 12.5. The summed E-state index contributed by atoms with van der Waals surface area (Å²) in [4.78, 5) is 26.5. The average molecular weight is 393 g/mol. The van der Waals surface area contributed by atoms with E-state index >= 15 is 0 Å². The third-order valence-electron chi connectivity index (χ3n) is 4.35. The molecule has 1 fully saturated rings. The van der Waals surface area contributed by atoms with E-state index in [0.717, 1.165) is 0 Å². The molecule has 2 aromatic carbocycles. The van der Waals surface area contributed by atoms with Crippen LogP contribution in [-0.2, 0) is 9.59 Å². The largest absolute Gasteiger partial charge is 0.454 e. The summed E-state index contributed by atoms with van der Waals surface area (Å²) in [6, 6.07) is 10.1. The molecule has 2 aliphatic heterocycles. The quantitative estimate of drug-likeness (QED) is 0.864. The number of halogens is 2. The van der Waals surface area contributed by atoms with Crippen molar-refractivity contribution in [2.45, 2.75) is 6.42 Å². The van der Waals surface area contributed by atoms with Gasteiger partial charge in [-0.25, -0.2) is 0 Å². The molecule has 2 heterocycles. The van der Waals surface area contributed by atoms with Gasteiger partial charge in [0, 0.05) is 29.7 Å². The highest BCUT2D eigenvalue weighted by Crippen LogP contribution is 2.37. The Balaban J connectivity index is 1.48. The van der Waals surface area contributed by atoms with Gasteiger partial charge in [0.1, 0.15) is 0 Å². The number of nitrogens with one attached hydrogen (secondary N) is 1. The lowest BCUT2D eigenvalue weighted by molar-refractivity contribution is -0.122.